The lowest BCUT2D eigenvalue weighted by atomic mass is 9.95. The van der Waals surface area contributed by atoms with Gasteiger partial charge in [-0.2, -0.15) is 0 Å². The van der Waals surface area contributed by atoms with Crippen molar-refractivity contribution in [2.45, 2.75) is 32.5 Å². The minimum absolute atomic E-state index is 0.0786. The number of benzene rings is 1. The first kappa shape index (κ1) is 16.7. The van der Waals surface area contributed by atoms with Crippen LogP contribution in [-0.2, 0) is 9.47 Å². The Morgan fingerprint density at radius 3 is 2.32 bits per heavy atom. The predicted molar refractivity (Wildman–Crippen MR) is 76.1 cm³/mol. The summed E-state index contributed by atoms with van der Waals surface area (Å²) in [5.74, 6) is 0.0786. The van der Waals surface area contributed by atoms with Gasteiger partial charge in [0.25, 0.3) is 0 Å². The summed E-state index contributed by atoms with van der Waals surface area (Å²) in [6, 6.07) is 5.15. The molecule has 1 aromatic carbocycles. The van der Waals surface area contributed by atoms with E-state index in [1.807, 2.05) is 13.8 Å². The van der Waals surface area contributed by atoms with E-state index in [4.69, 9.17) is 38.4 Å². The van der Waals surface area contributed by atoms with E-state index in [9.17, 15) is 5.11 Å². The highest BCUT2D eigenvalue weighted by atomic mass is 35.5. The first-order chi connectivity index (χ1) is 8.86. The molecule has 0 aliphatic heterocycles. The van der Waals surface area contributed by atoms with Crippen LogP contribution in [0.5, 0.6) is 0 Å². The minimum atomic E-state index is -1.36. The second-order valence-corrected chi connectivity index (χ2v) is 5.40. The lowest BCUT2D eigenvalue weighted by Gasteiger charge is -2.31. The van der Waals surface area contributed by atoms with Gasteiger partial charge in [-0.3, -0.25) is 5.73 Å². The Hall–Kier alpha value is -0.360. The fraction of sp³-hybridized carbons (Fsp3) is 0.538. The highest BCUT2D eigenvalue weighted by Gasteiger charge is 2.30. The summed E-state index contributed by atoms with van der Waals surface area (Å²) < 4.78 is 10.8. The molecule has 108 valence electrons. The second kappa shape index (κ2) is 7.43. The average Bonchev–Trinajstić information content (AvgIpc) is 2.30. The van der Waals surface area contributed by atoms with E-state index in [0.717, 1.165) is 5.56 Å². The van der Waals surface area contributed by atoms with Gasteiger partial charge in [0.1, 0.15) is 6.10 Å². The van der Waals surface area contributed by atoms with Gasteiger partial charge in [0.2, 0.25) is 6.41 Å². The number of aliphatic hydroxyl groups is 1. The molecule has 6 heteroatoms. The Kier molecular flexibility index (Phi) is 6.53. The van der Waals surface area contributed by atoms with E-state index in [0.29, 0.717) is 10.0 Å². The maximum absolute atomic E-state index is 9.22. The maximum Gasteiger partial charge on any atom is 0.211 e. The summed E-state index contributed by atoms with van der Waals surface area (Å²) in [5, 5.41) is 10.3. The smallest absolute Gasteiger partial charge is 0.211 e. The third-order valence-corrected chi connectivity index (χ3v) is 3.34. The number of methoxy groups -OCH3 is 1. The molecule has 0 saturated heterocycles. The number of ether oxygens (including phenoxy) is 2. The summed E-state index contributed by atoms with van der Waals surface area (Å²) in [5.41, 5.74) is 6.03. The van der Waals surface area contributed by atoms with Crippen molar-refractivity contribution in [3.05, 3.63) is 33.8 Å². The van der Waals surface area contributed by atoms with Crippen LogP contribution in [0.4, 0.5) is 0 Å². The summed E-state index contributed by atoms with van der Waals surface area (Å²) in [6.07, 6.45) is -2.23. The highest BCUT2D eigenvalue weighted by Crippen LogP contribution is 2.34. The van der Waals surface area contributed by atoms with Gasteiger partial charge in [0.05, 0.1) is 6.10 Å². The molecule has 19 heavy (non-hydrogen) atoms. The number of aliphatic hydroxyl groups excluding tert-OH is 1. The van der Waals surface area contributed by atoms with Gasteiger partial charge in [0.15, 0.2) is 0 Å². The zero-order valence-electron chi connectivity index (χ0n) is 11.1. The lowest BCUT2D eigenvalue weighted by Crippen LogP contribution is -2.37. The molecule has 0 heterocycles. The standard InChI is InChI=1S/C13H19Cl2NO3/c1-7(2)11(19-13(16)17)12(18-3)9-5-4-8(14)6-10(9)15/h4-7,11-13,17H,16H2,1-3H3/t11-,12-,13?/m0/s1. The SMILES string of the molecule is CO[C@@H](c1ccc(Cl)cc1Cl)[C@@H](OC(N)O)C(C)C. The second-order valence-electron chi connectivity index (χ2n) is 4.56. The number of halogens is 2. The highest BCUT2D eigenvalue weighted by molar-refractivity contribution is 6.35. The Labute approximate surface area is 123 Å². The Balaban J connectivity index is 3.08. The molecule has 0 fully saturated rings. The molecule has 0 aliphatic carbocycles. The molecule has 1 unspecified atom stereocenters. The van der Waals surface area contributed by atoms with Crippen LogP contribution < -0.4 is 5.73 Å². The number of rotatable bonds is 6. The Morgan fingerprint density at radius 1 is 1.26 bits per heavy atom. The molecule has 0 saturated carbocycles. The van der Waals surface area contributed by atoms with Gasteiger partial charge in [-0.05, 0) is 18.1 Å². The quantitative estimate of drug-likeness (QED) is 0.793. The van der Waals surface area contributed by atoms with Gasteiger partial charge < -0.3 is 14.6 Å². The third kappa shape index (κ3) is 4.60. The van der Waals surface area contributed by atoms with Gasteiger partial charge in [-0.1, -0.05) is 43.1 Å². The summed E-state index contributed by atoms with van der Waals surface area (Å²) in [6.45, 7) is 3.89. The number of hydrogen-bond donors (Lipinski definition) is 2. The molecule has 0 bridgehead atoms. The van der Waals surface area contributed by atoms with Crippen molar-refractivity contribution in [1.29, 1.82) is 0 Å². The molecule has 3 N–H and O–H groups in total. The number of nitrogens with two attached hydrogens (primary N) is 1. The van der Waals surface area contributed by atoms with Crippen LogP contribution in [0.2, 0.25) is 10.0 Å². The lowest BCUT2D eigenvalue weighted by molar-refractivity contribution is -0.181. The number of hydrogen-bond acceptors (Lipinski definition) is 4. The van der Waals surface area contributed by atoms with Crippen LogP contribution in [0.1, 0.15) is 25.5 Å². The summed E-state index contributed by atoms with van der Waals surface area (Å²) in [4.78, 5) is 0. The molecule has 0 radical (unpaired) electrons. The van der Waals surface area contributed by atoms with Crippen molar-refractivity contribution in [2.75, 3.05) is 7.11 Å². The van der Waals surface area contributed by atoms with Gasteiger partial charge in [0, 0.05) is 22.7 Å². The molecule has 1 rings (SSSR count). The van der Waals surface area contributed by atoms with Crippen LogP contribution >= 0.6 is 23.2 Å². The van der Waals surface area contributed by atoms with E-state index < -0.39 is 18.6 Å². The Morgan fingerprint density at radius 2 is 1.89 bits per heavy atom. The minimum Gasteiger partial charge on any atom is -0.374 e. The summed E-state index contributed by atoms with van der Waals surface area (Å²) in [7, 11) is 1.55. The van der Waals surface area contributed by atoms with Crippen LogP contribution in [0.3, 0.4) is 0 Å². The summed E-state index contributed by atoms with van der Waals surface area (Å²) >= 11 is 12.0. The maximum atomic E-state index is 9.22. The molecular weight excluding hydrogens is 289 g/mol. The zero-order valence-corrected chi connectivity index (χ0v) is 12.7. The van der Waals surface area contributed by atoms with E-state index in [2.05, 4.69) is 0 Å². The normalized spacial score (nSPS) is 16.4. The fourth-order valence-electron chi connectivity index (χ4n) is 1.91. The first-order valence-corrected chi connectivity index (χ1v) is 6.69. The molecule has 0 aliphatic rings. The van der Waals surface area contributed by atoms with Crippen LogP contribution in [0.15, 0.2) is 18.2 Å². The van der Waals surface area contributed by atoms with Gasteiger partial charge >= 0.3 is 0 Å². The van der Waals surface area contributed by atoms with Crippen molar-refractivity contribution in [1.82, 2.24) is 0 Å². The van der Waals surface area contributed by atoms with E-state index in [1.165, 1.54) is 0 Å². The molecule has 0 aromatic heterocycles. The third-order valence-electron chi connectivity index (χ3n) is 2.77. The van der Waals surface area contributed by atoms with E-state index in [1.54, 1.807) is 25.3 Å². The van der Waals surface area contributed by atoms with Crippen molar-refractivity contribution in [3.8, 4) is 0 Å². The van der Waals surface area contributed by atoms with Gasteiger partial charge in [-0.25, -0.2) is 0 Å². The van der Waals surface area contributed by atoms with Crippen LogP contribution in [-0.4, -0.2) is 24.7 Å². The molecular formula is C13H19Cl2NO3. The average molecular weight is 308 g/mol. The topological polar surface area (TPSA) is 64.7 Å². The van der Waals surface area contributed by atoms with E-state index >= 15 is 0 Å². The van der Waals surface area contributed by atoms with Crippen molar-refractivity contribution >= 4 is 23.2 Å². The van der Waals surface area contributed by atoms with Gasteiger partial charge in [-0.15, -0.1) is 0 Å². The molecule has 0 spiro atoms. The molecule has 1 aromatic rings. The predicted octanol–water partition coefficient (Wildman–Crippen LogP) is 2.96. The largest absolute Gasteiger partial charge is 0.374 e. The monoisotopic (exact) mass is 307 g/mol. The molecule has 4 nitrogen and oxygen atoms in total. The first-order valence-electron chi connectivity index (χ1n) is 5.93. The zero-order chi connectivity index (χ0) is 14.6. The van der Waals surface area contributed by atoms with Crippen LogP contribution in [0.25, 0.3) is 0 Å². The van der Waals surface area contributed by atoms with Crippen molar-refractivity contribution in [3.63, 3.8) is 0 Å². The molecule has 0 amide bonds. The molecule has 3 atom stereocenters. The van der Waals surface area contributed by atoms with Crippen molar-refractivity contribution < 1.29 is 14.6 Å². The van der Waals surface area contributed by atoms with E-state index in [-0.39, 0.29) is 5.92 Å². The van der Waals surface area contributed by atoms with Crippen LogP contribution in [0, 0.1) is 5.92 Å². The fourth-order valence-corrected chi connectivity index (χ4v) is 2.43. The Bertz CT molecular complexity index is 413. The van der Waals surface area contributed by atoms with Crippen molar-refractivity contribution in [2.24, 2.45) is 11.7 Å².